The molecule has 7 nitrogen and oxygen atoms in total. The number of urea groups is 1. The summed E-state index contributed by atoms with van der Waals surface area (Å²) in [5, 5.41) is 4.62. The maximum atomic E-state index is 12.4. The maximum Gasteiger partial charge on any atom is 0.321 e. The third-order valence-corrected chi connectivity index (χ3v) is 5.02. The lowest BCUT2D eigenvalue weighted by atomic mass is 9.98. The van der Waals surface area contributed by atoms with E-state index in [-0.39, 0.29) is 23.8 Å². The van der Waals surface area contributed by atoms with Gasteiger partial charge in [0, 0.05) is 18.8 Å². The molecule has 0 saturated carbocycles. The topological polar surface area (TPSA) is 90.5 Å². The van der Waals surface area contributed by atoms with Crippen molar-refractivity contribution >= 4 is 34.9 Å². The molecule has 0 radical (unpaired) electrons. The third-order valence-electron chi connectivity index (χ3n) is 4.15. The second-order valence-corrected chi connectivity index (χ2v) is 6.95. The fraction of sp³-hybridized carbons (Fsp3) is 0.278. The number of nitrogens with one attached hydrogen (secondary N) is 3. The Hall–Kier alpha value is -2.87. The summed E-state index contributed by atoms with van der Waals surface area (Å²) in [5.41, 5.74) is 5.59. The molecular weight excluding hydrogens is 352 g/mol. The highest BCUT2D eigenvalue weighted by Gasteiger charge is 2.28. The molecular formula is C18H20N4O3S. The van der Waals surface area contributed by atoms with Gasteiger partial charge in [-0.1, -0.05) is 24.3 Å². The number of carbonyl (C=O) groups excluding carboxylic acids is 3. The number of hydrogen-bond acceptors (Lipinski definition) is 4. The number of amides is 4. The summed E-state index contributed by atoms with van der Waals surface area (Å²) in [7, 11) is 0. The van der Waals surface area contributed by atoms with Gasteiger partial charge in [-0.25, -0.2) is 4.79 Å². The van der Waals surface area contributed by atoms with E-state index in [1.165, 1.54) is 11.3 Å². The Morgan fingerprint density at radius 2 is 1.85 bits per heavy atom. The lowest BCUT2D eigenvalue weighted by molar-refractivity contribution is -0.127. The molecule has 1 aromatic carbocycles. The van der Waals surface area contributed by atoms with Gasteiger partial charge in [-0.2, -0.15) is 0 Å². The molecule has 26 heavy (non-hydrogen) atoms. The molecule has 2 aromatic rings. The van der Waals surface area contributed by atoms with Crippen LogP contribution in [0.15, 0.2) is 47.8 Å². The average Bonchev–Trinajstić information content (AvgIpc) is 3.21. The molecule has 136 valence electrons. The number of piperidine rings is 1. The van der Waals surface area contributed by atoms with Crippen LogP contribution < -0.4 is 16.2 Å². The number of likely N-dealkylation sites (tertiary alicyclic amines) is 1. The fourth-order valence-electron chi connectivity index (χ4n) is 2.79. The number of rotatable bonds is 3. The van der Waals surface area contributed by atoms with Gasteiger partial charge in [0.25, 0.3) is 5.91 Å². The molecule has 1 aromatic heterocycles. The van der Waals surface area contributed by atoms with Crippen LogP contribution in [-0.2, 0) is 4.79 Å². The minimum Gasteiger partial charge on any atom is -0.324 e. The van der Waals surface area contributed by atoms with Gasteiger partial charge in [0.05, 0.1) is 10.8 Å². The van der Waals surface area contributed by atoms with Crippen LogP contribution in [-0.4, -0.2) is 35.8 Å². The van der Waals surface area contributed by atoms with Crippen LogP contribution in [0.5, 0.6) is 0 Å². The first kappa shape index (κ1) is 17.9. The summed E-state index contributed by atoms with van der Waals surface area (Å²) in [6.45, 7) is 0.920. The van der Waals surface area contributed by atoms with Crippen molar-refractivity contribution in [3.05, 3.63) is 52.7 Å². The van der Waals surface area contributed by atoms with Crippen LogP contribution in [0.2, 0.25) is 0 Å². The summed E-state index contributed by atoms with van der Waals surface area (Å²) < 4.78 is 0. The van der Waals surface area contributed by atoms with Gasteiger partial charge in [-0.15, -0.1) is 11.3 Å². The van der Waals surface area contributed by atoms with E-state index in [0.29, 0.717) is 30.1 Å². The zero-order valence-corrected chi connectivity index (χ0v) is 14.9. The molecule has 0 bridgehead atoms. The van der Waals surface area contributed by atoms with Crippen molar-refractivity contribution < 1.29 is 14.4 Å². The number of hydrazine groups is 1. The van der Waals surface area contributed by atoms with E-state index in [1.54, 1.807) is 22.4 Å². The molecule has 8 heteroatoms. The fourth-order valence-corrected chi connectivity index (χ4v) is 3.41. The predicted molar refractivity (Wildman–Crippen MR) is 99.7 cm³/mol. The van der Waals surface area contributed by atoms with Crippen molar-refractivity contribution in [1.82, 2.24) is 15.8 Å². The van der Waals surface area contributed by atoms with E-state index in [4.69, 9.17) is 0 Å². The highest BCUT2D eigenvalue weighted by atomic mass is 32.1. The zero-order valence-electron chi connectivity index (χ0n) is 14.1. The molecule has 3 N–H and O–H groups in total. The highest BCUT2D eigenvalue weighted by Crippen LogP contribution is 2.18. The summed E-state index contributed by atoms with van der Waals surface area (Å²) in [6.07, 6.45) is 1.41. The number of carbonyl (C=O) groups is 3. The molecule has 4 amide bonds. The number of thiophene rings is 1. The molecule has 1 fully saturated rings. The molecule has 0 aliphatic carbocycles. The molecule has 1 saturated heterocycles. The first-order valence-electron chi connectivity index (χ1n) is 8.38. The smallest absolute Gasteiger partial charge is 0.321 e. The van der Waals surface area contributed by atoms with Gasteiger partial charge in [0.15, 0.2) is 0 Å². The normalized spacial score (nSPS) is 16.6. The third kappa shape index (κ3) is 4.60. The maximum absolute atomic E-state index is 12.4. The van der Waals surface area contributed by atoms with Gasteiger partial charge >= 0.3 is 6.03 Å². The van der Waals surface area contributed by atoms with Gasteiger partial charge in [0.1, 0.15) is 0 Å². The highest BCUT2D eigenvalue weighted by molar-refractivity contribution is 7.12. The molecule has 0 spiro atoms. The van der Waals surface area contributed by atoms with E-state index in [2.05, 4.69) is 16.2 Å². The second kappa shape index (κ2) is 8.48. The van der Waals surface area contributed by atoms with Gasteiger partial charge in [0.2, 0.25) is 5.91 Å². The van der Waals surface area contributed by atoms with Crippen LogP contribution >= 0.6 is 11.3 Å². The first-order valence-corrected chi connectivity index (χ1v) is 9.26. The monoisotopic (exact) mass is 372 g/mol. The van der Waals surface area contributed by atoms with E-state index >= 15 is 0 Å². The van der Waals surface area contributed by atoms with Crippen molar-refractivity contribution in [1.29, 1.82) is 0 Å². The summed E-state index contributed by atoms with van der Waals surface area (Å²) in [5.74, 6) is -0.983. The predicted octanol–water partition coefficient (Wildman–Crippen LogP) is 2.45. The Balaban J connectivity index is 1.50. The minimum atomic E-state index is -0.353. The Kier molecular flexibility index (Phi) is 5.85. The van der Waals surface area contributed by atoms with Crippen molar-refractivity contribution in [3.63, 3.8) is 0 Å². The summed E-state index contributed by atoms with van der Waals surface area (Å²) in [4.78, 5) is 38.7. The van der Waals surface area contributed by atoms with Crippen molar-refractivity contribution in [2.24, 2.45) is 5.92 Å². The van der Waals surface area contributed by atoms with E-state index in [9.17, 15) is 14.4 Å². The Bertz CT molecular complexity index is 764. The largest absolute Gasteiger partial charge is 0.324 e. The molecule has 1 atom stereocenters. The second-order valence-electron chi connectivity index (χ2n) is 6.00. The summed E-state index contributed by atoms with van der Waals surface area (Å²) in [6, 6.07) is 12.4. The van der Waals surface area contributed by atoms with Gasteiger partial charge in [-0.05, 0) is 36.4 Å². The van der Waals surface area contributed by atoms with Crippen molar-refractivity contribution in [2.75, 3.05) is 18.4 Å². The Morgan fingerprint density at radius 3 is 2.58 bits per heavy atom. The molecule has 0 unspecified atom stereocenters. The SMILES string of the molecule is O=C(NNC(=O)[C@@H]1CCCN(C(=O)Nc2ccccc2)C1)c1cccs1. The lowest BCUT2D eigenvalue weighted by Crippen LogP contribution is -2.50. The quantitative estimate of drug-likeness (QED) is 0.723. The van der Waals surface area contributed by atoms with Crippen molar-refractivity contribution in [2.45, 2.75) is 12.8 Å². The Morgan fingerprint density at radius 1 is 1.04 bits per heavy atom. The number of benzene rings is 1. The lowest BCUT2D eigenvalue weighted by Gasteiger charge is -2.32. The molecule has 1 aliphatic rings. The standard InChI is InChI=1S/C18H20N4O3S/c23-16(20-21-17(24)15-9-5-11-26-15)13-6-4-10-22(12-13)18(25)19-14-7-2-1-3-8-14/h1-3,5,7-9,11,13H,4,6,10,12H2,(H,19,25)(H,20,23)(H,21,24)/t13-/m1/s1. The number of hydrogen-bond donors (Lipinski definition) is 3. The molecule has 2 heterocycles. The summed E-state index contributed by atoms with van der Waals surface area (Å²) >= 11 is 1.30. The van der Waals surface area contributed by atoms with Crippen molar-refractivity contribution in [3.8, 4) is 0 Å². The molecule has 3 rings (SSSR count). The van der Waals surface area contributed by atoms with E-state index < -0.39 is 0 Å². The Labute approximate surface area is 155 Å². The number of nitrogens with zero attached hydrogens (tertiary/aromatic N) is 1. The van der Waals surface area contributed by atoms with Crippen LogP contribution in [0.4, 0.5) is 10.5 Å². The van der Waals surface area contributed by atoms with Gasteiger partial charge in [-0.3, -0.25) is 20.4 Å². The van der Waals surface area contributed by atoms with Crippen LogP contribution in [0.1, 0.15) is 22.5 Å². The average molecular weight is 372 g/mol. The first-order chi connectivity index (χ1) is 12.6. The molecule has 1 aliphatic heterocycles. The van der Waals surface area contributed by atoms with E-state index in [0.717, 1.165) is 6.42 Å². The van der Waals surface area contributed by atoms with Crippen LogP contribution in [0, 0.1) is 5.92 Å². The number of para-hydroxylation sites is 1. The minimum absolute atomic E-state index is 0.226. The number of anilines is 1. The van der Waals surface area contributed by atoms with E-state index in [1.807, 2.05) is 30.3 Å². The van der Waals surface area contributed by atoms with Gasteiger partial charge < -0.3 is 10.2 Å². The zero-order chi connectivity index (χ0) is 18.4. The van der Waals surface area contributed by atoms with Crippen LogP contribution in [0.3, 0.4) is 0 Å². The van der Waals surface area contributed by atoms with Crippen LogP contribution in [0.25, 0.3) is 0 Å².